The summed E-state index contributed by atoms with van der Waals surface area (Å²) in [5.74, 6) is 4.51. The van der Waals surface area contributed by atoms with Crippen LogP contribution in [0, 0.1) is 12.3 Å². The molecule has 1 N–H and O–H groups in total. The second-order valence-electron chi connectivity index (χ2n) is 5.80. The van der Waals surface area contributed by atoms with E-state index >= 15 is 0 Å². The zero-order valence-electron chi connectivity index (χ0n) is 12.5. The molecule has 0 aliphatic rings. The van der Waals surface area contributed by atoms with Gasteiger partial charge in [-0.05, 0) is 23.5 Å². The summed E-state index contributed by atoms with van der Waals surface area (Å²) in [5.41, 5.74) is 2.95. The molecule has 1 atom stereocenters. The fourth-order valence-corrected chi connectivity index (χ4v) is 2.39. The fourth-order valence-electron chi connectivity index (χ4n) is 1.87. The van der Waals surface area contributed by atoms with Crippen LogP contribution in [0.25, 0.3) is 0 Å². The van der Waals surface area contributed by atoms with Gasteiger partial charge in [-0.3, -0.25) is 0 Å². The van der Waals surface area contributed by atoms with Gasteiger partial charge in [-0.2, -0.15) is 0 Å². The van der Waals surface area contributed by atoms with Crippen LogP contribution in [0.4, 0.5) is 0 Å². The molecular formula is C17H25NS. The van der Waals surface area contributed by atoms with Crippen LogP contribution in [0.3, 0.4) is 0 Å². The van der Waals surface area contributed by atoms with Gasteiger partial charge in [-0.25, -0.2) is 0 Å². The van der Waals surface area contributed by atoms with Crippen LogP contribution in [-0.4, -0.2) is 18.1 Å². The van der Waals surface area contributed by atoms with Gasteiger partial charge in [0.05, 0.1) is 5.75 Å². The van der Waals surface area contributed by atoms with Crippen LogP contribution >= 0.6 is 11.8 Å². The molecule has 1 rings (SSSR count). The Kier molecular flexibility index (Phi) is 6.48. The van der Waals surface area contributed by atoms with E-state index in [1.807, 2.05) is 0 Å². The monoisotopic (exact) mass is 275 g/mol. The van der Waals surface area contributed by atoms with Crippen molar-refractivity contribution in [1.29, 1.82) is 0 Å². The van der Waals surface area contributed by atoms with Crippen molar-refractivity contribution in [1.82, 2.24) is 5.32 Å². The van der Waals surface area contributed by atoms with Gasteiger partial charge >= 0.3 is 0 Å². The lowest BCUT2D eigenvalue weighted by molar-refractivity contribution is 0.583. The molecule has 0 aliphatic carbocycles. The second-order valence-corrected chi connectivity index (χ2v) is 6.91. The van der Waals surface area contributed by atoms with Gasteiger partial charge in [0.15, 0.2) is 0 Å². The van der Waals surface area contributed by atoms with E-state index in [2.05, 4.69) is 63.2 Å². The molecule has 0 radical (unpaired) electrons. The predicted octanol–water partition coefficient (Wildman–Crippen LogP) is 4.00. The van der Waals surface area contributed by atoms with E-state index in [1.165, 1.54) is 11.1 Å². The first-order valence-electron chi connectivity index (χ1n) is 6.80. The Morgan fingerprint density at radius 2 is 1.89 bits per heavy atom. The zero-order valence-corrected chi connectivity index (χ0v) is 13.3. The maximum atomic E-state index is 5.22. The summed E-state index contributed by atoms with van der Waals surface area (Å²) >= 11 is 1.80. The van der Waals surface area contributed by atoms with Gasteiger partial charge in [0.25, 0.3) is 0 Å². The molecule has 1 aromatic rings. The van der Waals surface area contributed by atoms with Crippen molar-refractivity contribution in [3.05, 3.63) is 35.4 Å². The SMILES string of the molecule is C#CCSCCNC(C)c1ccc(C(C)(C)C)cc1. The van der Waals surface area contributed by atoms with Gasteiger partial charge in [-0.1, -0.05) is 51.0 Å². The highest BCUT2D eigenvalue weighted by Crippen LogP contribution is 2.23. The molecule has 0 bridgehead atoms. The quantitative estimate of drug-likeness (QED) is 0.622. The van der Waals surface area contributed by atoms with Crippen molar-refractivity contribution in [3.8, 4) is 12.3 Å². The summed E-state index contributed by atoms with van der Waals surface area (Å²) in [6, 6.07) is 9.32. The van der Waals surface area contributed by atoms with Gasteiger partial charge < -0.3 is 5.32 Å². The minimum Gasteiger partial charge on any atom is -0.309 e. The summed E-state index contributed by atoms with van der Waals surface area (Å²) in [6.07, 6.45) is 5.22. The van der Waals surface area contributed by atoms with Crippen LogP contribution in [0.1, 0.15) is 44.9 Å². The van der Waals surface area contributed by atoms with Crippen molar-refractivity contribution in [2.45, 2.75) is 39.2 Å². The van der Waals surface area contributed by atoms with E-state index in [4.69, 9.17) is 6.42 Å². The fraction of sp³-hybridized carbons (Fsp3) is 0.529. The van der Waals surface area contributed by atoms with Crippen molar-refractivity contribution in [3.63, 3.8) is 0 Å². The molecular weight excluding hydrogens is 250 g/mol. The number of rotatable bonds is 6. The molecule has 0 saturated carbocycles. The molecule has 0 amide bonds. The van der Waals surface area contributed by atoms with Gasteiger partial charge in [0.2, 0.25) is 0 Å². The smallest absolute Gasteiger partial charge is 0.0545 e. The highest BCUT2D eigenvalue weighted by atomic mass is 32.2. The maximum Gasteiger partial charge on any atom is 0.0545 e. The lowest BCUT2D eigenvalue weighted by Crippen LogP contribution is -2.21. The van der Waals surface area contributed by atoms with E-state index < -0.39 is 0 Å². The standard InChI is InChI=1S/C17H25NS/c1-6-12-19-13-11-18-14(2)15-7-9-16(10-8-15)17(3,4)5/h1,7-10,14,18H,11-13H2,2-5H3. The molecule has 1 aromatic carbocycles. The highest BCUT2D eigenvalue weighted by molar-refractivity contribution is 7.99. The van der Waals surface area contributed by atoms with E-state index in [1.54, 1.807) is 11.8 Å². The molecule has 1 unspecified atom stereocenters. The lowest BCUT2D eigenvalue weighted by Gasteiger charge is -2.20. The Labute approximate surface area is 122 Å². The van der Waals surface area contributed by atoms with Gasteiger partial charge in [-0.15, -0.1) is 18.2 Å². The number of thioether (sulfide) groups is 1. The number of nitrogens with one attached hydrogen (secondary N) is 1. The summed E-state index contributed by atoms with van der Waals surface area (Å²) in [5, 5.41) is 3.53. The summed E-state index contributed by atoms with van der Waals surface area (Å²) in [6.45, 7) is 9.93. The van der Waals surface area contributed by atoms with Crippen LogP contribution in [-0.2, 0) is 5.41 Å². The van der Waals surface area contributed by atoms with E-state index in [9.17, 15) is 0 Å². The van der Waals surface area contributed by atoms with Crippen LogP contribution in [0.2, 0.25) is 0 Å². The van der Waals surface area contributed by atoms with Gasteiger partial charge in [0.1, 0.15) is 0 Å². The summed E-state index contributed by atoms with van der Waals surface area (Å²) in [7, 11) is 0. The third kappa shape index (κ3) is 5.72. The number of terminal acetylenes is 1. The van der Waals surface area contributed by atoms with Crippen molar-refractivity contribution >= 4 is 11.8 Å². The number of hydrogen-bond donors (Lipinski definition) is 1. The van der Waals surface area contributed by atoms with E-state index in [-0.39, 0.29) is 5.41 Å². The Bertz CT molecular complexity index is 408. The molecule has 19 heavy (non-hydrogen) atoms. The molecule has 104 valence electrons. The first kappa shape index (κ1) is 16.1. The zero-order chi connectivity index (χ0) is 14.3. The molecule has 0 aliphatic heterocycles. The molecule has 0 saturated heterocycles. The number of benzene rings is 1. The second kappa shape index (κ2) is 7.62. The average Bonchev–Trinajstić information content (AvgIpc) is 2.37. The minimum absolute atomic E-state index is 0.223. The Balaban J connectivity index is 2.45. The van der Waals surface area contributed by atoms with Crippen LogP contribution < -0.4 is 5.32 Å². The molecule has 2 heteroatoms. The van der Waals surface area contributed by atoms with Crippen molar-refractivity contribution in [2.75, 3.05) is 18.1 Å². The predicted molar refractivity (Wildman–Crippen MR) is 87.7 cm³/mol. The molecule has 0 aromatic heterocycles. The van der Waals surface area contributed by atoms with Crippen LogP contribution in [0.5, 0.6) is 0 Å². The van der Waals surface area contributed by atoms with Crippen molar-refractivity contribution < 1.29 is 0 Å². The molecule has 0 spiro atoms. The average molecular weight is 275 g/mol. The van der Waals surface area contributed by atoms with E-state index in [0.717, 1.165) is 18.1 Å². The highest BCUT2D eigenvalue weighted by Gasteiger charge is 2.13. The van der Waals surface area contributed by atoms with E-state index in [0.29, 0.717) is 6.04 Å². The third-order valence-corrected chi connectivity index (χ3v) is 4.02. The summed E-state index contributed by atoms with van der Waals surface area (Å²) < 4.78 is 0. The van der Waals surface area contributed by atoms with Crippen LogP contribution in [0.15, 0.2) is 24.3 Å². The Morgan fingerprint density at radius 3 is 2.42 bits per heavy atom. The Morgan fingerprint density at radius 1 is 1.26 bits per heavy atom. The minimum atomic E-state index is 0.223. The van der Waals surface area contributed by atoms with Gasteiger partial charge in [0, 0.05) is 18.3 Å². The largest absolute Gasteiger partial charge is 0.309 e. The molecule has 1 nitrogen and oxygen atoms in total. The van der Waals surface area contributed by atoms with Crippen molar-refractivity contribution in [2.24, 2.45) is 0 Å². The summed E-state index contributed by atoms with van der Waals surface area (Å²) in [4.78, 5) is 0. The topological polar surface area (TPSA) is 12.0 Å². The first-order valence-corrected chi connectivity index (χ1v) is 7.95. The number of hydrogen-bond acceptors (Lipinski definition) is 2. The molecule has 0 fully saturated rings. The first-order chi connectivity index (χ1) is 8.95. The Hall–Kier alpha value is -0.910. The molecule has 0 heterocycles. The third-order valence-electron chi connectivity index (χ3n) is 3.16. The normalized spacial score (nSPS) is 13.0. The maximum absolute atomic E-state index is 5.22. The lowest BCUT2D eigenvalue weighted by atomic mass is 9.86.